The standard InChI is InChI=1S/C11H15ClN2S/c1-3-14-11(13)15-7-9-4-5-10(12)8(2)6-9/h4-6H,3,7H2,1-2H3,(H2,13,14). The van der Waals surface area contributed by atoms with Crippen molar-refractivity contribution < 1.29 is 0 Å². The summed E-state index contributed by atoms with van der Waals surface area (Å²) < 4.78 is 0. The average molecular weight is 243 g/mol. The highest BCUT2D eigenvalue weighted by Gasteiger charge is 1.99. The highest BCUT2D eigenvalue weighted by Crippen LogP contribution is 2.19. The second-order valence-corrected chi connectivity index (χ2v) is 4.59. The van der Waals surface area contributed by atoms with E-state index in [9.17, 15) is 0 Å². The molecule has 1 rings (SSSR count). The van der Waals surface area contributed by atoms with Gasteiger partial charge in [0, 0.05) is 17.3 Å². The number of hydrogen-bond acceptors (Lipinski definition) is 2. The maximum absolute atomic E-state index is 5.94. The Kier molecular flexibility index (Phi) is 4.99. The maximum atomic E-state index is 5.94. The quantitative estimate of drug-likeness (QED) is 0.653. The van der Waals surface area contributed by atoms with Gasteiger partial charge in [0.15, 0.2) is 5.17 Å². The molecule has 0 unspecified atom stereocenters. The maximum Gasteiger partial charge on any atom is 0.154 e. The lowest BCUT2D eigenvalue weighted by Gasteiger charge is -2.03. The largest absolute Gasteiger partial charge is 0.379 e. The molecule has 0 spiro atoms. The van der Waals surface area contributed by atoms with E-state index < -0.39 is 0 Å². The van der Waals surface area contributed by atoms with Crippen LogP contribution in [0.4, 0.5) is 0 Å². The fourth-order valence-corrected chi connectivity index (χ4v) is 1.99. The third-order valence-corrected chi connectivity index (χ3v) is 3.25. The first-order chi connectivity index (χ1) is 7.13. The predicted octanol–water partition coefficient (Wildman–Crippen LogP) is 3.22. The Morgan fingerprint density at radius 1 is 1.53 bits per heavy atom. The van der Waals surface area contributed by atoms with Gasteiger partial charge < -0.3 is 5.73 Å². The highest BCUT2D eigenvalue weighted by atomic mass is 35.5. The number of aliphatic imine (C=N–C) groups is 1. The number of thioether (sulfide) groups is 1. The second kappa shape index (κ2) is 6.03. The van der Waals surface area contributed by atoms with Crippen LogP contribution in [0.3, 0.4) is 0 Å². The fraction of sp³-hybridized carbons (Fsp3) is 0.364. The van der Waals surface area contributed by atoms with E-state index in [0.717, 1.165) is 22.9 Å². The van der Waals surface area contributed by atoms with E-state index in [1.54, 1.807) is 11.8 Å². The van der Waals surface area contributed by atoms with Crippen LogP contribution < -0.4 is 5.73 Å². The molecule has 0 saturated carbocycles. The molecule has 1 aromatic carbocycles. The van der Waals surface area contributed by atoms with Gasteiger partial charge in [0.05, 0.1) is 0 Å². The third-order valence-electron chi connectivity index (χ3n) is 1.92. The summed E-state index contributed by atoms with van der Waals surface area (Å²) in [7, 11) is 0. The lowest BCUT2D eigenvalue weighted by atomic mass is 10.2. The van der Waals surface area contributed by atoms with Gasteiger partial charge in [-0.2, -0.15) is 0 Å². The van der Waals surface area contributed by atoms with Gasteiger partial charge in [0.25, 0.3) is 0 Å². The summed E-state index contributed by atoms with van der Waals surface area (Å²) in [6.07, 6.45) is 0. The van der Waals surface area contributed by atoms with Gasteiger partial charge in [-0.1, -0.05) is 35.5 Å². The Morgan fingerprint density at radius 2 is 2.27 bits per heavy atom. The number of rotatable bonds is 3. The van der Waals surface area contributed by atoms with E-state index in [-0.39, 0.29) is 0 Å². The Balaban J connectivity index is 2.58. The molecule has 0 radical (unpaired) electrons. The smallest absolute Gasteiger partial charge is 0.154 e. The van der Waals surface area contributed by atoms with Gasteiger partial charge in [-0.25, -0.2) is 0 Å². The van der Waals surface area contributed by atoms with Crippen molar-refractivity contribution in [2.24, 2.45) is 10.7 Å². The minimum absolute atomic E-state index is 0.644. The molecule has 0 aliphatic rings. The molecule has 1 aromatic rings. The minimum Gasteiger partial charge on any atom is -0.379 e. The van der Waals surface area contributed by atoms with Crippen LogP contribution >= 0.6 is 23.4 Å². The van der Waals surface area contributed by atoms with Crippen molar-refractivity contribution in [2.75, 3.05) is 6.54 Å². The van der Waals surface area contributed by atoms with Crippen LogP contribution in [0.15, 0.2) is 23.2 Å². The summed E-state index contributed by atoms with van der Waals surface area (Å²) in [5, 5.41) is 1.45. The van der Waals surface area contributed by atoms with Crippen molar-refractivity contribution in [3.05, 3.63) is 34.3 Å². The SMILES string of the molecule is CCN=C(N)SCc1ccc(Cl)c(C)c1. The topological polar surface area (TPSA) is 38.4 Å². The summed E-state index contributed by atoms with van der Waals surface area (Å²) in [4.78, 5) is 4.11. The molecule has 15 heavy (non-hydrogen) atoms. The first-order valence-corrected chi connectivity index (χ1v) is 6.17. The molecule has 2 nitrogen and oxygen atoms in total. The molecule has 4 heteroatoms. The number of nitrogens with two attached hydrogens (primary N) is 1. The second-order valence-electron chi connectivity index (χ2n) is 3.18. The van der Waals surface area contributed by atoms with Crippen LogP contribution in [0.1, 0.15) is 18.1 Å². The molecule has 0 fully saturated rings. The normalized spacial score (nSPS) is 11.8. The van der Waals surface area contributed by atoms with E-state index >= 15 is 0 Å². The number of benzene rings is 1. The summed E-state index contributed by atoms with van der Waals surface area (Å²) in [6.45, 7) is 4.71. The summed E-state index contributed by atoms with van der Waals surface area (Å²) >= 11 is 7.49. The fourth-order valence-electron chi connectivity index (χ4n) is 1.16. The molecule has 0 atom stereocenters. The number of halogens is 1. The van der Waals surface area contributed by atoms with E-state index in [1.165, 1.54) is 5.56 Å². The predicted molar refractivity (Wildman–Crippen MR) is 69.6 cm³/mol. The Morgan fingerprint density at radius 3 is 2.87 bits per heavy atom. The minimum atomic E-state index is 0.644. The molecular weight excluding hydrogens is 228 g/mol. The van der Waals surface area contributed by atoms with E-state index in [2.05, 4.69) is 11.1 Å². The average Bonchev–Trinajstić information content (AvgIpc) is 2.20. The van der Waals surface area contributed by atoms with Crippen molar-refractivity contribution in [2.45, 2.75) is 19.6 Å². The van der Waals surface area contributed by atoms with Gasteiger partial charge >= 0.3 is 0 Å². The first-order valence-electron chi connectivity index (χ1n) is 4.81. The van der Waals surface area contributed by atoms with Crippen LogP contribution in [0.25, 0.3) is 0 Å². The molecule has 82 valence electrons. The number of nitrogens with zero attached hydrogens (tertiary/aromatic N) is 1. The van der Waals surface area contributed by atoms with Crippen molar-refractivity contribution in [1.82, 2.24) is 0 Å². The van der Waals surface area contributed by atoms with Gasteiger partial charge in [-0.05, 0) is 31.0 Å². The lowest BCUT2D eigenvalue weighted by Crippen LogP contribution is -2.07. The zero-order chi connectivity index (χ0) is 11.3. The molecule has 0 aliphatic heterocycles. The van der Waals surface area contributed by atoms with E-state index in [4.69, 9.17) is 17.3 Å². The Labute approximate surface area is 99.9 Å². The lowest BCUT2D eigenvalue weighted by molar-refractivity contribution is 1.13. The van der Waals surface area contributed by atoms with Gasteiger partial charge in [0.1, 0.15) is 0 Å². The van der Waals surface area contributed by atoms with Crippen molar-refractivity contribution >= 4 is 28.5 Å². The zero-order valence-corrected chi connectivity index (χ0v) is 10.5. The van der Waals surface area contributed by atoms with Gasteiger partial charge in [-0.3, -0.25) is 4.99 Å². The van der Waals surface area contributed by atoms with Crippen LogP contribution in [0.2, 0.25) is 5.02 Å². The summed E-state index contributed by atoms with van der Waals surface area (Å²) in [5.74, 6) is 0.841. The molecule has 0 bridgehead atoms. The molecule has 2 N–H and O–H groups in total. The molecule has 0 heterocycles. The number of aryl methyl sites for hydroxylation is 1. The Bertz CT molecular complexity index is 364. The Hall–Kier alpha value is -0.670. The van der Waals surface area contributed by atoms with E-state index in [1.807, 2.05) is 26.0 Å². The van der Waals surface area contributed by atoms with Crippen LogP contribution in [0, 0.1) is 6.92 Å². The highest BCUT2D eigenvalue weighted by molar-refractivity contribution is 8.13. The van der Waals surface area contributed by atoms with Crippen molar-refractivity contribution in [3.63, 3.8) is 0 Å². The molecule has 0 aliphatic carbocycles. The summed E-state index contributed by atoms with van der Waals surface area (Å²) in [5.41, 5.74) is 8.00. The van der Waals surface area contributed by atoms with Gasteiger partial charge in [0.2, 0.25) is 0 Å². The van der Waals surface area contributed by atoms with Gasteiger partial charge in [-0.15, -0.1) is 0 Å². The van der Waals surface area contributed by atoms with Crippen LogP contribution in [0.5, 0.6) is 0 Å². The van der Waals surface area contributed by atoms with Crippen LogP contribution in [-0.4, -0.2) is 11.7 Å². The number of amidine groups is 1. The molecule has 0 amide bonds. The monoisotopic (exact) mass is 242 g/mol. The first kappa shape index (κ1) is 12.4. The third kappa shape index (κ3) is 4.14. The molecular formula is C11H15ClN2S. The summed E-state index contributed by atoms with van der Waals surface area (Å²) in [6, 6.07) is 6.01. The van der Waals surface area contributed by atoms with Crippen molar-refractivity contribution in [1.29, 1.82) is 0 Å². The zero-order valence-electron chi connectivity index (χ0n) is 8.96. The molecule has 0 saturated heterocycles. The van der Waals surface area contributed by atoms with Crippen LogP contribution in [-0.2, 0) is 5.75 Å². The van der Waals surface area contributed by atoms with E-state index in [0.29, 0.717) is 5.17 Å². The molecule has 0 aromatic heterocycles. The van der Waals surface area contributed by atoms with Crippen molar-refractivity contribution in [3.8, 4) is 0 Å². The number of hydrogen-bond donors (Lipinski definition) is 1.